The average molecular weight is 531 g/mol. The summed E-state index contributed by atoms with van der Waals surface area (Å²) in [6.45, 7) is 1.67. The minimum atomic E-state index is -1.21. The number of carbonyl (C=O) groups excluding carboxylic acids is 2. The van der Waals surface area contributed by atoms with Crippen LogP contribution in [-0.4, -0.2) is 58.7 Å². The molecule has 2 unspecified atom stereocenters. The van der Waals surface area contributed by atoms with Gasteiger partial charge >= 0.3 is 5.97 Å². The first-order chi connectivity index (χ1) is 18.7. The van der Waals surface area contributed by atoms with Gasteiger partial charge in [-0.15, -0.1) is 0 Å². The first kappa shape index (κ1) is 29.0. The van der Waals surface area contributed by atoms with Gasteiger partial charge in [0.25, 0.3) is 5.91 Å². The number of amides is 1. The van der Waals surface area contributed by atoms with E-state index < -0.39 is 24.0 Å². The summed E-state index contributed by atoms with van der Waals surface area (Å²) in [4.78, 5) is 40.8. The van der Waals surface area contributed by atoms with Crippen LogP contribution in [0.25, 0.3) is 22.0 Å². The number of aromatic hydroxyl groups is 1. The number of nitrogens with one attached hydrogen (secondary N) is 1. The van der Waals surface area contributed by atoms with E-state index >= 15 is 0 Å². The molecular weight excluding hydrogens is 500 g/mol. The number of ether oxygens (including phenoxy) is 1. The zero-order valence-electron chi connectivity index (χ0n) is 21.8. The summed E-state index contributed by atoms with van der Waals surface area (Å²) in [7, 11) is 3.25. The summed E-state index contributed by atoms with van der Waals surface area (Å²) >= 11 is 0. The van der Waals surface area contributed by atoms with Crippen molar-refractivity contribution < 1.29 is 34.4 Å². The summed E-state index contributed by atoms with van der Waals surface area (Å²) < 4.78 is 4.25. The highest BCUT2D eigenvalue weighted by Gasteiger charge is 2.19. The number of carbonyl (C=O) groups is 3. The molecule has 202 valence electrons. The first-order valence-electron chi connectivity index (χ1n) is 12.1. The Bertz CT molecular complexity index is 1450. The lowest BCUT2D eigenvalue weighted by atomic mass is 9.98. The monoisotopic (exact) mass is 530 g/mol. The number of rotatable bonds is 8. The molecule has 4 aromatic rings. The number of aldehydes is 1. The number of aromatic nitrogens is 1. The third-order valence-electron chi connectivity index (χ3n) is 5.87. The van der Waals surface area contributed by atoms with Crippen molar-refractivity contribution in [1.29, 1.82) is 0 Å². The van der Waals surface area contributed by atoms with Gasteiger partial charge in [0.15, 0.2) is 0 Å². The van der Waals surface area contributed by atoms with Crippen molar-refractivity contribution in [2.24, 2.45) is 0 Å². The fourth-order valence-corrected chi connectivity index (χ4v) is 3.91. The topological polar surface area (TPSA) is 146 Å². The van der Waals surface area contributed by atoms with Crippen LogP contribution in [0.1, 0.15) is 45.0 Å². The molecule has 0 aliphatic carbocycles. The second-order valence-corrected chi connectivity index (χ2v) is 8.88. The van der Waals surface area contributed by atoms with Crippen molar-refractivity contribution >= 4 is 29.1 Å². The van der Waals surface area contributed by atoms with Gasteiger partial charge in [0.1, 0.15) is 17.7 Å². The zero-order chi connectivity index (χ0) is 28.5. The Morgan fingerprint density at radius 3 is 2.15 bits per heavy atom. The molecule has 39 heavy (non-hydrogen) atoms. The highest BCUT2D eigenvalue weighted by atomic mass is 16.4. The van der Waals surface area contributed by atoms with Crippen LogP contribution < -0.4 is 5.32 Å². The third kappa shape index (κ3) is 7.47. The third-order valence-corrected chi connectivity index (χ3v) is 5.87. The quantitative estimate of drug-likeness (QED) is 0.248. The van der Waals surface area contributed by atoms with Crippen LogP contribution in [0.15, 0.2) is 72.8 Å². The number of carboxylic acids is 1. The number of aromatic carboxylic acids is 1. The van der Waals surface area contributed by atoms with Crippen LogP contribution in [0.4, 0.5) is 0 Å². The number of fused-ring (bicyclic) bond motifs is 1. The molecule has 0 spiro atoms. The molecule has 0 saturated carbocycles. The molecule has 0 bridgehead atoms. The minimum Gasteiger partial charge on any atom is -0.508 e. The van der Waals surface area contributed by atoms with Crippen molar-refractivity contribution in [2.75, 3.05) is 14.2 Å². The van der Waals surface area contributed by atoms with Crippen LogP contribution in [0.5, 0.6) is 5.75 Å². The van der Waals surface area contributed by atoms with Crippen molar-refractivity contribution in [1.82, 2.24) is 10.3 Å². The fraction of sp³-hybridized carbons (Fsp3) is 0.200. The summed E-state index contributed by atoms with van der Waals surface area (Å²) in [5.74, 6) is -1.80. The van der Waals surface area contributed by atoms with Gasteiger partial charge in [-0.25, -0.2) is 9.78 Å². The van der Waals surface area contributed by atoms with Gasteiger partial charge in [0.05, 0.1) is 23.2 Å². The number of carboxylic acid groups (broad SMARTS) is 1. The SMILES string of the molecule is CC(O)c1ccc(-c2ccc3nc(C(=O)NC(C=O)Cc4ccc(O)cc4)cc(C(=O)O)c3c2)cc1.COC. The predicted molar refractivity (Wildman–Crippen MR) is 147 cm³/mol. The Morgan fingerprint density at radius 1 is 0.974 bits per heavy atom. The Morgan fingerprint density at radius 2 is 1.59 bits per heavy atom. The fourth-order valence-electron chi connectivity index (χ4n) is 3.91. The number of nitrogens with zero attached hydrogens (tertiary/aromatic N) is 1. The number of aliphatic hydroxyl groups excluding tert-OH is 1. The van der Waals surface area contributed by atoms with E-state index in [0.29, 0.717) is 17.2 Å². The number of hydrogen-bond acceptors (Lipinski definition) is 7. The van der Waals surface area contributed by atoms with E-state index in [2.05, 4.69) is 15.0 Å². The lowest BCUT2D eigenvalue weighted by molar-refractivity contribution is -0.109. The summed E-state index contributed by atoms with van der Waals surface area (Å²) in [5, 5.41) is 31.9. The average Bonchev–Trinajstić information content (AvgIpc) is 2.93. The second kappa shape index (κ2) is 13.3. The lowest BCUT2D eigenvalue weighted by Gasteiger charge is -2.14. The molecule has 9 heteroatoms. The molecule has 2 atom stereocenters. The minimum absolute atomic E-state index is 0.0891. The van der Waals surface area contributed by atoms with E-state index in [4.69, 9.17) is 0 Å². The van der Waals surface area contributed by atoms with Gasteiger partial charge in [0, 0.05) is 19.6 Å². The number of methoxy groups -OCH3 is 1. The van der Waals surface area contributed by atoms with Gasteiger partial charge in [-0.05, 0) is 65.9 Å². The zero-order valence-corrected chi connectivity index (χ0v) is 21.8. The number of pyridine rings is 1. The Balaban J connectivity index is 0.00000134. The molecule has 9 nitrogen and oxygen atoms in total. The van der Waals surface area contributed by atoms with Crippen LogP contribution in [0.3, 0.4) is 0 Å². The molecule has 0 aliphatic heterocycles. The standard InChI is InChI=1S/C28H24N2O6.C2H6O/c1-16(32)18-4-6-19(7-5-18)20-8-11-25-23(13-20)24(28(35)36)14-26(30-25)27(34)29-21(15-31)12-17-2-9-22(33)10-3-17;1-3-2/h2-11,13-16,21,32-33H,12H2,1H3,(H,29,34)(H,35,36);1-2H3. The van der Waals surface area contributed by atoms with Crippen LogP contribution in [0, 0.1) is 0 Å². The summed E-state index contributed by atoms with van der Waals surface area (Å²) in [6, 6.07) is 19.0. The predicted octanol–water partition coefficient (Wildman–Crippen LogP) is 4.16. The number of benzene rings is 3. The maximum Gasteiger partial charge on any atom is 0.336 e. The lowest BCUT2D eigenvalue weighted by Crippen LogP contribution is -2.38. The highest BCUT2D eigenvalue weighted by molar-refractivity contribution is 6.07. The van der Waals surface area contributed by atoms with Gasteiger partial charge in [-0.1, -0.05) is 42.5 Å². The highest BCUT2D eigenvalue weighted by Crippen LogP contribution is 2.28. The van der Waals surface area contributed by atoms with E-state index in [0.717, 1.165) is 22.3 Å². The Hall–Kier alpha value is -4.60. The van der Waals surface area contributed by atoms with E-state index in [1.54, 1.807) is 63.6 Å². The number of hydrogen-bond donors (Lipinski definition) is 4. The van der Waals surface area contributed by atoms with Crippen molar-refractivity contribution in [3.8, 4) is 16.9 Å². The van der Waals surface area contributed by atoms with Crippen LogP contribution in [0.2, 0.25) is 0 Å². The largest absolute Gasteiger partial charge is 0.508 e. The second-order valence-electron chi connectivity index (χ2n) is 8.88. The molecule has 1 heterocycles. The smallest absolute Gasteiger partial charge is 0.336 e. The van der Waals surface area contributed by atoms with Crippen molar-refractivity contribution in [3.05, 3.63) is 95.2 Å². The number of phenolic OH excluding ortho intramolecular Hbond substituents is 1. The summed E-state index contributed by atoms with van der Waals surface area (Å²) in [5.41, 5.74) is 3.21. The van der Waals surface area contributed by atoms with Gasteiger partial charge < -0.3 is 30.2 Å². The van der Waals surface area contributed by atoms with Crippen molar-refractivity contribution in [2.45, 2.75) is 25.5 Å². The van der Waals surface area contributed by atoms with Gasteiger partial charge in [-0.2, -0.15) is 0 Å². The molecule has 4 rings (SSSR count). The molecule has 1 amide bonds. The van der Waals surface area contributed by atoms with Crippen LogP contribution >= 0.6 is 0 Å². The molecule has 3 aromatic carbocycles. The molecule has 0 aliphatic rings. The Kier molecular flexibility index (Phi) is 9.86. The van der Waals surface area contributed by atoms with E-state index in [9.17, 15) is 29.7 Å². The molecule has 0 radical (unpaired) electrons. The first-order valence-corrected chi connectivity index (χ1v) is 12.1. The Labute approximate surface area is 225 Å². The van der Waals surface area contributed by atoms with Crippen LogP contribution in [-0.2, 0) is 16.0 Å². The molecule has 0 saturated heterocycles. The molecular formula is C30H30N2O7. The maximum atomic E-state index is 12.9. The van der Waals surface area contributed by atoms with Gasteiger partial charge in [0.2, 0.25) is 0 Å². The molecule has 1 aromatic heterocycles. The van der Waals surface area contributed by atoms with E-state index in [1.165, 1.54) is 18.2 Å². The van der Waals surface area contributed by atoms with Crippen molar-refractivity contribution in [3.63, 3.8) is 0 Å². The van der Waals surface area contributed by atoms with Gasteiger partial charge in [-0.3, -0.25) is 4.79 Å². The number of aliphatic hydroxyl groups is 1. The van der Waals surface area contributed by atoms with E-state index in [-0.39, 0.29) is 23.4 Å². The van der Waals surface area contributed by atoms with E-state index in [1.807, 2.05) is 12.1 Å². The molecule has 0 fully saturated rings. The normalized spacial score (nSPS) is 12.1. The summed E-state index contributed by atoms with van der Waals surface area (Å²) in [6.07, 6.45) is 0.202. The molecule has 4 N–H and O–H groups in total. The number of phenols is 1. The maximum absolute atomic E-state index is 12.9.